The number of hydrogen-bond donors (Lipinski definition) is 1. The predicted molar refractivity (Wildman–Crippen MR) is 105 cm³/mol. The Morgan fingerprint density at radius 2 is 1.89 bits per heavy atom. The first-order valence-electron chi connectivity index (χ1n) is 9.18. The number of carbonyl (C=O) groups is 1. The van der Waals surface area contributed by atoms with Crippen molar-refractivity contribution in [1.29, 1.82) is 0 Å². The molecule has 0 aromatic heterocycles. The molecule has 1 fully saturated rings. The van der Waals surface area contributed by atoms with Crippen molar-refractivity contribution in [1.82, 2.24) is 4.31 Å². The first kappa shape index (κ1) is 18.0. The SMILES string of the molecule is CC(=O)N1CCc2ccc(S(=O)(=O)N3CC[C@H](Nc4ccccc4)C3)cc21. The summed E-state index contributed by atoms with van der Waals surface area (Å²) in [6.07, 6.45) is 1.53. The minimum atomic E-state index is -3.58. The van der Waals surface area contributed by atoms with E-state index in [1.54, 1.807) is 17.0 Å². The van der Waals surface area contributed by atoms with E-state index in [0.717, 1.165) is 29.8 Å². The van der Waals surface area contributed by atoms with Gasteiger partial charge < -0.3 is 10.2 Å². The number of nitrogens with one attached hydrogen (secondary N) is 1. The Balaban J connectivity index is 1.53. The van der Waals surface area contributed by atoms with Gasteiger partial charge in [0.25, 0.3) is 0 Å². The first-order valence-corrected chi connectivity index (χ1v) is 10.6. The fraction of sp³-hybridized carbons (Fsp3) is 0.350. The number of nitrogens with zero attached hydrogens (tertiary/aromatic N) is 2. The molecule has 0 unspecified atom stereocenters. The molecule has 7 heteroatoms. The van der Waals surface area contributed by atoms with Gasteiger partial charge in [0, 0.05) is 44.0 Å². The highest BCUT2D eigenvalue weighted by atomic mass is 32.2. The summed E-state index contributed by atoms with van der Waals surface area (Å²) in [5.41, 5.74) is 2.74. The Labute approximate surface area is 159 Å². The molecule has 4 rings (SSSR count). The summed E-state index contributed by atoms with van der Waals surface area (Å²) in [6.45, 7) is 3.04. The molecule has 2 heterocycles. The van der Waals surface area contributed by atoms with Gasteiger partial charge in [0.15, 0.2) is 0 Å². The molecule has 0 aliphatic carbocycles. The molecule has 27 heavy (non-hydrogen) atoms. The van der Waals surface area contributed by atoms with Crippen molar-refractivity contribution >= 4 is 27.3 Å². The number of benzene rings is 2. The van der Waals surface area contributed by atoms with Crippen LogP contribution in [0.3, 0.4) is 0 Å². The molecule has 2 aromatic rings. The van der Waals surface area contributed by atoms with Gasteiger partial charge in [-0.05, 0) is 42.7 Å². The molecule has 1 atom stereocenters. The number of sulfonamides is 1. The number of hydrogen-bond acceptors (Lipinski definition) is 4. The van der Waals surface area contributed by atoms with Crippen molar-refractivity contribution in [3.8, 4) is 0 Å². The summed E-state index contributed by atoms with van der Waals surface area (Å²) < 4.78 is 27.7. The van der Waals surface area contributed by atoms with Gasteiger partial charge in [-0.2, -0.15) is 4.31 Å². The van der Waals surface area contributed by atoms with E-state index < -0.39 is 10.0 Å². The second kappa shape index (κ2) is 6.98. The third-order valence-electron chi connectivity index (χ3n) is 5.27. The monoisotopic (exact) mass is 385 g/mol. The molecule has 1 amide bonds. The minimum absolute atomic E-state index is 0.0587. The molecule has 0 saturated carbocycles. The van der Waals surface area contributed by atoms with Gasteiger partial charge in [-0.25, -0.2) is 8.42 Å². The lowest BCUT2D eigenvalue weighted by molar-refractivity contribution is -0.116. The molecule has 0 spiro atoms. The van der Waals surface area contributed by atoms with E-state index in [1.165, 1.54) is 11.2 Å². The van der Waals surface area contributed by atoms with Crippen LogP contribution >= 0.6 is 0 Å². The molecular formula is C20H23N3O3S. The predicted octanol–water partition coefficient (Wildman–Crippen LogP) is 2.47. The Hall–Kier alpha value is -2.38. The fourth-order valence-electron chi connectivity index (χ4n) is 3.83. The summed E-state index contributed by atoms with van der Waals surface area (Å²) in [5, 5.41) is 3.40. The van der Waals surface area contributed by atoms with Crippen LogP contribution in [0.15, 0.2) is 53.4 Å². The molecule has 2 aliphatic heterocycles. The lowest BCUT2D eigenvalue weighted by atomic mass is 10.2. The molecule has 2 aliphatic rings. The lowest BCUT2D eigenvalue weighted by Gasteiger charge is -2.20. The van der Waals surface area contributed by atoms with E-state index in [0.29, 0.717) is 19.6 Å². The van der Waals surface area contributed by atoms with Gasteiger partial charge in [0.1, 0.15) is 0 Å². The maximum Gasteiger partial charge on any atom is 0.243 e. The fourth-order valence-corrected chi connectivity index (χ4v) is 5.35. The number of para-hydroxylation sites is 1. The second-order valence-electron chi connectivity index (χ2n) is 7.07. The molecule has 1 N–H and O–H groups in total. The highest BCUT2D eigenvalue weighted by Gasteiger charge is 2.34. The van der Waals surface area contributed by atoms with Gasteiger partial charge in [-0.15, -0.1) is 0 Å². The molecular weight excluding hydrogens is 362 g/mol. The number of carbonyl (C=O) groups excluding carboxylic acids is 1. The molecule has 1 saturated heterocycles. The van der Waals surface area contributed by atoms with Gasteiger partial charge >= 0.3 is 0 Å². The highest BCUT2D eigenvalue weighted by molar-refractivity contribution is 7.89. The number of amides is 1. The van der Waals surface area contributed by atoms with Crippen LogP contribution in [-0.4, -0.2) is 44.3 Å². The Kier molecular flexibility index (Phi) is 4.65. The quantitative estimate of drug-likeness (QED) is 0.878. The van der Waals surface area contributed by atoms with Gasteiger partial charge in [0.2, 0.25) is 15.9 Å². The van der Waals surface area contributed by atoms with Crippen LogP contribution in [0, 0.1) is 0 Å². The lowest BCUT2D eigenvalue weighted by Crippen LogP contribution is -2.32. The van der Waals surface area contributed by atoms with Crippen molar-refractivity contribution < 1.29 is 13.2 Å². The Morgan fingerprint density at radius 3 is 2.63 bits per heavy atom. The van der Waals surface area contributed by atoms with E-state index in [4.69, 9.17) is 0 Å². The Morgan fingerprint density at radius 1 is 1.11 bits per heavy atom. The first-order chi connectivity index (χ1) is 12.9. The average molecular weight is 385 g/mol. The average Bonchev–Trinajstić information content (AvgIpc) is 3.29. The van der Waals surface area contributed by atoms with Crippen LogP contribution in [0.5, 0.6) is 0 Å². The maximum atomic E-state index is 13.1. The molecule has 142 valence electrons. The van der Waals surface area contributed by atoms with Crippen LogP contribution in [-0.2, 0) is 21.2 Å². The number of anilines is 2. The van der Waals surface area contributed by atoms with E-state index in [-0.39, 0.29) is 16.8 Å². The van der Waals surface area contributed by atoms with Crippen molar-refractivity contribution in [2.45, 2.75) is 30.7 Å². The van der Waals surface area contributed by atoms with E-state index >= 15 is 0 Å². The van der Waals surface area contributed by atoms with Crippen molar-refractivity contribution in [2.24, 2.45) is 0 Å². The van der Waals surface area contributed by atoms with Crippen molar-refractivity contribution in [3.63, 3.8) is 0 Å². The largest absolute Gasteiger partial charge is 0.381 e. The molecule has 2 aromatic carbocycles. The molecule has 6 nitrogen and oxygen atoms in total. The summed E-state index contributed by atoms with van der Waals surface area (Å²) in [5.74, 6) is -0.0587. The molecule has 0 radical (unpaired) electrons. The van der Waals surface area contributed by atoms with E-state index in [9.17, 15) is 13.2 Å². The van der Waals surface area contributed by atoms with Gasteiger partial charge in [-0.1, -0.05) is 24.3 Å². The Bertz CT molecular complexity index is 960. The summed E-state index contributed by atoms with van der Waals surface area (Å²) >= 11 is 0. The third kappa shape index (κ3) is 3.44. The standard InChI is InChI=1S/C20H23N3O3S/c1-15(24)23-12-9-16-7-8-19(13-20(16)23)27(25,26)22-11-10-18(14-22)21-17-5-3-2-4-6-17/h2-8,13,18,21H,9-12,14H2,1H3/t18-/m0/s1. The third-order valence-corrected chi connectivity index (χ3v) is 7.13. The summed E-state index contributed by atoms with van der Waals surface area (Å²) in [6, 6.07) is 15.1. The smallest absolute Gasteiger partial charge is 0.243 e. The van der Waals surface area contributed by atoms with Crippen LogP contribution in [0.4, 0.5) is 11.4 Å². The van der Waals surface area contributed by atoms with E-state index in [2.05, 4.69) is 5.32 Å². The van der Waals surface area contributed by atoms with Crippen LogP contribution < -0.4 is 10.2 Å². The zero-order valence-corrected chi connectivity index (χ0v) is 16.1. The number of fused-ring (bicyclic) bond motifs is 1. The normalized spacial score (nSPS) is 19.9. The topological polar surface area (TPSA) is 69.7 Å². The zero-order valence-electron chi connectivity index (χ0n) is 15.3. The van der Waals surface area contributed by atoms with Crippen LogP contribution in [0.1, 0.15) is 18.9 Å². The van der Waals surface area contributed by atoms with E-state index in [1.807, 2.05) is 36.4 Å². The van der Waals surface area contributed by atoms with Crippen molar-refractivity contribution in [2.75, 3.05) is 29.9 Å². The minimum Gasteiger partial charge on any atom is -0.381 e. The highest BCUT2D eigenvalue weighted by Crippen LogP contribution is 2.32. The number of rotatable bonds is 4. The second-order valence-corrected chi connectivity index (χ2v) is 9.01. The maximum absolute atomic E-state index is 13.1. The summed E-state index contributed by atoms with van der Waals surface area (Å²) in [7, 11) is -3.58. The van der Waals surface area contributed by atoms with Crippen molar-refractivity contribution in [3.05, 3.63) is 54.1 Å². The summed E-state index contributed by atoms with van der Waals surface area (Å²) in [4.78, 5) is 13.7. The van der Waals surface area contributed by atoms with Gasteiger partial charge in [-0.3, -0.25) is 4.79 Å². The van der Waals surface area contributed by atoms with Crippen LogP contribution in [0.25, 0.3) is 0 Å². The van der Waals surface area contributed by atoms with Gasteiger partial charge in [0.05, 0.1) is 4.90 Å². The van der Waals surface area contributed by atoms with Crippen LogP contribution in [0.2, 0.25) is 0 Å². The zero-order chi connectivity index (χ0) is 19.0. The molecule has 0 bridgehead atoms.